The monoisotopic (exact) mass is 340 g/mol. The fourth-order valence-electron chi connectivity index (χ4n) is 2.88. The molecule has 1 rings (SSSR count). The molecular weight excluding hydrogens is 312 g/mol. The highest BCUT2D eigenvalue weighted by molar-refractivity contribution is 8.13. The van der Waals surface area contributed by atoms with Crippen molar-refractivity contribution in [2.45, 2.75) is 64.4 Å². The van der Waals surface area contributed by atoms with Crippen molar-refractivity contribution < 1.29 is 17.9 Å². The lowest BCUT2D eigenvalue weighted by atomic mass is 9.83. The van der Waals surface area contributed by atoms with Crippen LogP contribution in [-0.2, 0) is 18.5 Å². The zero-order valence-corrected chi connectivity index (χ0v) is 15.1. The highest BCUT2D eigenvalue weighted by atomic mass is 35.7. The van der Waals surface area contributed by atoms with Gasteiger partial charge in [-0.15, -0.1) is 0 Å². The minimum atomic E-state index is -3.50. The molecule has 0 aliphatic heterocycles. The second kappa shape index (κ2) is 8.14. The zero-order valence-electron chi connectivity index (χ0n) is 13.5. The van der Waals surface area contributed by atoms with Crippen molar-refractivity contribution in [2.24, 2.45) is 5.41 Å². The van der Waals surface area contributed by atoms with Gasteiger partial charge in [-0.25, -0.2) is 8.42 Å². The number of hydrogen-bond acceptors (Lipinski definition) is 4. The van der Waals surface area contributed by atoms with E-state index in [2.05, 4.69) is 0 Å². The number of methoxy groups -OCH3 is 1. The Hall–Kier alpha value is 0.160. The van der Waals surface area contributed by atoms with E-state index in [0.29, 0.717) is 13.2 Å². The molecule has 0 aromatic heterocycles. The molecule has 0 N–H and O–H groups in total. The van der Waals surface area contributed by atoms with Crippen molar-refractivity contribution in [3.05, 3.63) is 0 Å². The van der Waals surface area contributed by atoms with E-state index < -0.39 is 9.05 Å². The van der Waals surface area contributed by atoms with Gasteiger partial charge in [-0.05, 0) is 33.1 Å². The number of ether oxygens (including phenoxy) is 2. The Morgan fingerprint density at radius 2 is 1.71 bits per heavy atom. The molecule has 1 saturated carbocycles. The summed E-state index contributed by atoms with van der Waals surface area (Å²) in [5.41, 5.74) is -0.524. The summed E-state index contributed by atoms with van der Waals surface area (Å²) in [4.78, 5) is 0. The Labute approximate surface area is 134 Å². The molecule has 1 fully saturated rings. The van der Waals surface area contributed by atoms with Gasteiger partial charge in [-0.2, -0.15) is 0 Å². The summed E-state index contributed by atoms with van der Waals surface area (Å²) < 4.78 is 34.3. The Morgan fingerprint density at radius 1 is 1.14 bits per heavy atom. The summed E-state index contributed by atoms with van der Waals surface area (Å²) in [5.74, 6) is 0.0230. The summed E-state index contributed by atoms with van der Waals surface area (Å²) in [5, 5.41) is 0. The molecule has 0 radical (unpaired) electrons. The van der Waals surface area contributed by atoms with Crippen molar-refractivity contribution in [3.8, 4) is 0 Å². The minimum absolute atomic E-state index is 0.0230. The third-order valence-corrected chi connectivity index (χ3v) is 5.74. The Morgan fingerprint density at radius 3 is 2.19 bits per heavy atom. The van der Waals surface area contributed by atoms with Crippen LogP contribution < -0.4 is 0 Å². The molecule has 0 atom stereocenters. The highest BCUT2D eigenvalue weighted by Crippen LogP contribution is 2.37. The van der Waals surface area contributed by atoms with Crippen molar-refractivity contribution in [1.29, 1.82) is 0 Å². The second-order valence-corrected chi connectivity index (χ2v) is 9.64. The maximum atomic E-state index is 11.5. The fraction of sp³-hybridized carbons (Fsp3) is 1.00. The Balaban J connectivity index is 2.57. The summed E-state index contributed by atoms with van der Waals surface area (Å²) >= 11 is 0. The van der Waals surface area contributed by atoms with Crippen LogP contribution in [0.2, 0.25) is 0 Å². The Kier molecular flexibility index (Phi) is 7.44. The van der Waals surface area contributed by atoms with E-state index >= 15 is 0 Å². The fourth-order valence-corrected chi connectivity index (χ4v) is 4.68. The molecule has 21 heavy (non-hydrogen) atoms. The number of halogens is 1. The topological polar surface area (TPSA) is 52.6 Å². The SMILES string of the molecule is COC(C)(C)CCOCC1(CS(=O)(=O)Cl)CCCCCC1. The lowest BCUT2D eigenvalue weighted by Crippen LogP contribution is -2.34. The van der Waals surface area contributed by atoms with Crippen molar-refractivity contribution in [2.75, 3.05) is 26.1 Å². The van der Waals surface area contributed by atoms with Crippen LogP contribution in [-0.4, -0.2) is 40.1 Å². The quantitative estimate of drug-likeness (QED) is 0.384. The second-order valence-electron chi connectivity index (χ2n) is 6.86. The maximum absolute atomic E-state index is 11.5. The van der Waals surface area contributed by atoms with Crippen LogP contribution in [0, 0.1) is 5.41 Å². The molecule has 0 heterocycles. The van der Waals surface area contributed by atoms with E-state index in [0.717, 1.165) is 32.1 Å². The van der Waals surface area contributed by atoms with Gasteiger partial charge in [0.05, 0.1) is 18.0 Å². The normalized spacial score (nSPS) is 20.2. The smallest absolute Gasteiger partial charge is 0.233 e. The minimum Gasteiger partial charge on any atom is -0.381 e. The maximum Gasteiger partial charge on any atom is 0.233 e. The molecule has 0 spiro atoms. The third-order valence-electron chi connectivity index (χ3n) is 4.45. The lowest BCUT2D eigenvalue weighted by Gasteiger charge is -2.32. The average molecular weight is 341 g/mol. The van der Waals surface area contributed by atoms with Gasteiger partial charge >= 0.3 is 0 Å². The molecule has 0 bridgehead atoms. The summed E-state index contributed by atoms with van der Waals surface area (Å²) in [7, 11) is 3.70. The first-order valence-corrected chi connectivity index (χ1v) is 10.2. The predicted molar refractivity (Wildman–Crippen MR) is 86.3 cm³/mol. The molecule has 0 aromatic rings. The van der Waals surface area contributed by atoms with Crippen LogP contribution in [0.3, 0.4) is 0 Å². The van der Waals surface area contributed by atoms with E-state index in [4.69, 9.17) is 20.2 Å². The van der Waals surface area contributed by atoms with E-state index in [-0.39, 0.29) is 16.8 Å². The largest absolute Gasteiger partial charge is 0.381 e. The standard InChI is InChI=1S/C15H29ClO4S/c1-14(2,19-3)10-11-20-12-15(13-21(16,17)18)8-6-4-5-7-9-15/h4-13H2,1-3H3. The van der Waals surface area contributed by atoms with Gasteiger partial charge in [0.15, 0.2) is 0 Å². The van der Waals surface area contributed by atoms with Crippen LogP contribution in [0.15, 0.2) is 0 Å². The summed E-state index contributed by atoms with van der Waals surface area (Å²) in [6, 6.07) is 0. The zero-order chi connectivity index (χ0) is 16.0. The van der Waals surface area contributed by atoms with Crippen LogP contribution in [0.5, 0.6) is 0 Å². The highest BCUT2D eigenvalue weighted by Gasteiger charge is 2.35. The summed E-state index contributed by atoms with van der Waals surface area (Å²) in [6.07, 6.45) is 6.99. The first-order chi connectivity index (χ1) is 9.68. The van der Waals surface area contributed by atoms with E-state index in [1.54, 1.807) is 7.11 Å². The third kappa shape index (κ3) is 7.82. The van der Waals surface area contributed by atoms with Gasteiger partial charge in [-0.3, -0.25) is 0 Å². The van der Waals surface area contributed by atoms with Gasteiger partial charge < -0.3 is 9.47 Å². The van der Waals surface area contributed by atoms with Crippen LogP contribution in [0.4, 0.5) is 0 Å². The number of hydrogen-bond donors (Lipinski definition) is 0. The van der Waals surface area contributed by atoms with E-state index in [9.17, 15) is 8.42 Å². The molecular formula is C15H29ClO4S. The molecule has 126 valence electrons. The molecule has 0 amide bonds. The van der Waals surface area contributed by atoms with Gasteiger partial charge in [0.1, 0.15) is 0 Å². The molecule has 0 aromatic carbocycles. The number of rotatable bonds is 8. The predicted octanol–water partition coefficient (Wildman–Crippen LogP) is 3.73. The molecule has 1 aliphatic carbocycles. The molecule has 0 unspecified atom stereocenters. The van der Waals surface area contributed by atoms with Crippen molar-refractivity contribution >= 4 is 19.7 Å². The van der Waals surface area contributed by atoms with Crippen molar-refractivity contribution in [1.82, 2.24) is 0 Å². The van der Waals surface area contributed by atoms with Gasteiger partial charge in [0.25, 0.3) is 0 Å². The summed E-state index contributed by atoms with van der Waals surface area (Å²) in [6.45, 7) is 5.08. The first kappa shape index (κ1) is 19.2. The first-order valence-electron chi connectivity index (χ1n) is 7.73. The average Bonchev–Trinajstić information content (AvgIpc) is 2.59. The Bertz CT molecular complexity index is 398. The van der Waals surface area contributed by atoms with E-state index in [1.165, 1.54) is 12.8 Å². The van der Waals surface area contributed by atoms with Gasteiger partial charge in [0, 0.05) is 29.8 Å². The van der Waals surface area contributed by atoms with Gasteiger partial charge in [0.2, 0.25) is 9.05 Å². The van der Waals surface area contributed by atoms with Crippen LogP contribution >= 0.6 is 10.7 Å². The lowest BCUT2D eigenvalue weighted by molar-refractivity contribution is -0.0245. The molecule has 1 aliphatic rings. The molecule has 0 saturated heterocycles. The van der Waals surface area contributed by atoms with E-state index in [1.807, 2.05) is 13.8 Å². The van der Waals surface area contributed by atoms with Crippen LogP contribution in [0.1, 0.15) is 58.8 Å². The van der Waals surface area contributed by atoms with Crippen LogP contribution in [0.25, 0.3) is 0 Å². The molecule has 4 nitrogen and oxygen atoms in total. The van der Waals surface area contributed by atoms with Crippen molar-refractivity contribution in [3.63, 3.8) is 0 Å². The van der Waals surface area contributed by atoms with Gasteiger partial charge in [-0.1, -0.05) is 25.7 Å². The molecule has 6 heteroatoms.